The zero-order chi connectivity index (χ0) is 19.2. The molecule has 0 amide bonds. The molecule has 26 heavy (non-hydrogen) atoms. The zero-order valence-corrected chi connectivity index (χ0v) is 15.2. The third-order valence-electron chi connectivity index (χ3n) is 3.57. The molecule has 10 heteroatoms. The van der Waals surface area contributed by atoms with Crippen molar-refractivity contribution in [3.63, 3.8) is 0 Å². The molecule has 0 aliphatic heterocycles. The van der Waals surface area contributed by atoms with Crippen LogP contribution < -0.4 is 5.43 Å². The van der Waals surface area contributed by atoms with Crippen molar-refractivity contribution in [2.75, 3.05) is 18.5 Å². The van der Waals surface area contributed by atoms with Crippen LogP contribution in [0.5, 0.6) is 0 Å². The number of nitrogens with one attached hydrogen (secondary N) is 1. The number of non-ortho nitro benzene ring substituents is 1. The Morgan fingerprint density at radius 3 is 2.58 bits per heavy atom. The summed E-state index contributed by atoms with van der Waals surface area (Å²) in [5, 5.41) is 15.0. The van der Waals surface area contributed by atoms with Crippen molar-refractivity contribution in [1.82, 2.24) is 9.29 Å². The fourth-order valence-corrected chi connectivity index (χ4v) is 3.87. The highest BCUT2D eigenvalue weighted by Crippen LogP contribution is 2.29. The number of nitro groups is 1. The van der Waals surface area contributed by atoms with Crippen LogP contribution in [-0.2, 0) is 10.0 Å². The maximum Gasteiger partial charge on any atom is 0.270 e. The Hall–Kier alpha value is -2.85. The summed E-state index contributed by atoms with van der Waals surface area (Å²) in [4.78, 5) is 14.3. The molecule has 0 fully saturated rings. The Bertz CT molecular complexity index is 896. The van der Waals surface area contributed by atoms with Crippen molar-refractivity contribution < 1.29 is 13.3 Å². The van der Waals surface area contributed by atoms with Gasteiger partial charge in [-0.1, -0.05) is 19.9 Å². The van der Waals surface area contributed by atoms with E-state index >= 15 is 0 Å². The summed E-state index contributed by atoms with van der Waals surface area (Å²) in [5.74, 6) is 0. The predicted molar refractivity (Wildman–Crippen MR) is 98.7 cm³/mol. The topological polar surface area (TPSA) is 118 Å². The van der Waals surface area contributed by atoms with Gasteiger partial charge in [0.05, 0.1) is 22.5 Å². The number of rotatable bonds is 8. The van der Waals surface area contributed by atoms with Gasteiger partial charge < -0.3 is 0 Å². The maximum atomic E-state index is 12.8. The summed E-state index contributed by atoms with van der Waals surface area (Å²) < 4.78 is 26.9. The van der Waals surface area contributed by atoms with E-state index in [4.69, 9.17) is 0 Å². The number of anilines is 1. The highest BCUT2D eigenvalue weighted by molar-refractivity contribution is 7.89. The summed E-state index contributed by atoms with van der Waals surface area (Å²) in [5.41, 5.74) is 3.05. The number of hydrogen-bond donors (Lipinski definition) is 1. The van der Waals surface area contributed by atoms with Gasteiger partial charge in [-0.2, -0.15) is 9.41 Å². The van der Waals surface area contributed by atoms with Crippen LogP contribution in [-0.4, -0.2) is 41.9 Å². The summed E-state index contributed by atoms with van der Waals surface area (Å²) in [7, 11) is -3.91. The fraction of sp³-hybridized carbons (Fsp3) is 0.250. The summed E-state index contributed by atoms with van der Waals surface area (Å²) in [6.07, 6.45) is 3.03. The third kappa shape index (κ3) is 4.41. The third-order valence-corrected chi connectivity index (χ3v) is 5.66. The first-order chi connectivity index (χ1) is 12.4. The molecule has 1 heterocycles. The molecule has 2 aromatic rings. The minimum absolute atomic E-state index is 0.148. The molecule has 0 radical (unpaired) electrons. The van der Waals surface area contributed by atoms with Gasteiger partial charge in [0.2, 0.25) is 10.0 Å². The second-order valence-corrected chi connectivity index (χ2v) is 7.06. The number of pyridine rings is 1. The molecule has 0 aliphatic rings. The molecule has 1 N–H and O–H groups in total. The normalized spacial score (nSPS) is 11.8. The van der Waals surface area contributed by atoms with Gasteiger partial charge in [-0.05, 0) is 18.2 Å². The van der Waals surface area contributed by atoms with Gasteiger partial charge in [-0.3, -0.25) is 20.5 Å². The molecule has 9 nitrogen and oxygen atoms in total. The number of benzene rings is 1. The van der Waals surface area contributed by atoms with Gasteiger partial charge in [0.25, 0.3) is 5.69 Å². The van der Waals surface area contributed by atoms with E-state index in [0.717, 1.165) is 6.07 Å². The average molecular weight is 377 g/mol. The Morgan fingerprint density at radius 2 is 2.00 bits per heavy atom. The van der Waals surface area contributed by atoms with Gasteiger partial charge in [0.1, 0.15) is 4.90 Å². The lowest BCUT2D eigenvalue weighted by Crippen LogP contribution is -2.31. The van der Waals surface area contributed by atoms with Crippen molar-refractivity contribution >= 4 is 27.6 Å². The van der Waals surface area contributed by atoms with Gasteiger partial charge in [0, 0.05) is 31.4 Å². The van der Waals surface area contributed by atoms with E-state index < -0.39 is 14.9 Å². The summed E-state index contributed by atoms with van der Waals surface area (Å²) in [6.45, 7) is 3.89. The Balaban J connectivity index is 2.42. The first-order valence-corrected chi connectivity index (χ1v) is 9.32. The Morgan fingerprint density at radius 1 is 1.27 bits per heavy atom. The molecule has 0 spiro atoms. The highest BCUT2D eigenvalue weighted by Gasteiger charge is 2.27. The van der Waals surface area contributed by atoms with Crippen LogP contribution in [0.3, 0.4) is 0 Å². The average Bonchev–Trinajstić information content (AvgIpc) is 2.63. The van der Waals surface area contributed by atoms with Crippen molar-refractivity contribution in [3.8, 4) is 0 Å². The van der Waals surface area contributed by atoms with Gasteiger partial charge >= 0.3 is 0 Å². The second-order valence-electron chi connectivity index (χ2n) is 5.15. The Labute approximate surface area is 151 Å². The van der Waals surface area contributed by atoms with Crippen molar-refractivity contribution in [2.24, 2.45) is 5.10 Å². The number of aromatic nitrogens is 1. The molecule has 1 aromatic carbocycles. The molecule has 0 saturated heterocycles. The van der Waals surface area contributed by atoms with Crippen molar-refractivity contribution in [2.45, 2.75) is 18.7 Å². The minimum Gasteiger partial charge on any atom is -0.277 e. The molecule has 138 valence electrons. The van der Waals surface area contributed by atoms with Gasteiger partial charge in [-0.25, -0.2) is 8.42 Å². The SMILES string of the molecule is CCN(CC)S(=O)(=O)c1cc([N+](=O)[O-])ccc1N/N=C\c1ccccn1. The first kappa shape index (κ1) is 19.5. The van der Waals surface area contributed by atoms with E-state index in [1.807, 2.05) is 0 Å². The van der Waals surface area contributed by atoms with Gasteiger partial charge in [-0.15, -0.1) is 0 Å². The Kier molecular flexibility index (Phi) is 6.36. The van der Waals surface area contributed by atoms with E-state index in [9.17, 15) is 18.5 Å². The monoisotopic (exact) mass is 377 g/mol. The predicted octanol–water partition coefficient (Wildman–Crippen LogP) is 2.47. The quantitative estimate of drug-likeness (QED) is 0.429. The smallest absolute Gasteiger partial charge is 0.270 e. The van der Waals surface area contributed by atoms with E-state index in [0.29, 0.717) is 5.69 Å². The lowest BCUT2D eigenvalue weighted by Gasteiger charge is -2.20. The largest absolute Gasteiger partial charge is 0.277 e. The first-order valence-electron chi connectivity index (χ1n) is 7.88. The van der Waals surface area contributed by atoms with Crippen LogP contribution in [0, 0.1) is 10.1 Å². The van der Waals surface area contributed by atoms with E-state index in [2.05, 4.69) is 15.5 Å². The maximum absolute atomic E-state index is 12.8. The molecule has 0 atom stereocenters. The zero-order valence-electron chi connectivity index (χ0n) is 14.4. The molecular formula is C16H19N5O4S. The van der Waals surface area contributed by atoms with Crippen LogP contribution in [0.15, 0.2) is 52.6 Å². The molecule has 2 rings (SSSR count). The molecular weight excluding hydrogens is 358 g/mol. The van der Waals surface area contributed by atoms with Crippen LogP contribution in [0.2, 0.25) is 0 Å². The van der Waals surface area contributed by atoms with E-state index in [1.165, 1.54) is 22.7 Å². The number of sulfonamides is 1. The minimum atomic E-state index is -3.91. The van der Waals surface area contributed by atoms with Crippen LogP contribution >= 0.6 is 0 Å². The van der Waals surface area contributed by atoms with Gasteiger partial charge in [0.15, 0.2) is 0 Å². The lowest BCUT2D eigenvalue weighted by atomic mass is 10.3. The fourth-order valence-electron chi connectivity index (χ4n) is 2.25. The summed E-state index contributed by atoms with van der Waals surface area (Å²) >= 11 is 0. The molecule has 0 bridgehead atoms. The molecule has 0 saturated carbocycles. The van der Waals surface area contributed by atoms with Crippen LogP contribution in [0.4, 0.5) is 11.4 Å². The standard InChI is InChI=1S/C16H19N5O4S/c1-3-20(4-2)26(24,25)16-11-14(21(22)23)8-9-15(16)19-18-12-13-7-5-6-10-17-13/h5-12,19H,3-4H2,1-2H3/b18-12-. The van der Waals surface area contributed by atoms with Crippen LogP contribution in [0.25, 0.3) is 0 Å². The van der Waals surface area contributed by atoms with Crippen molar-refractivity contribution in [1.29, 1.82) is 0 Å². The van der Waals surface area contributed by atoms with Crippen molar-refractivity contribution in [3.05, 3.63) is 58.4 Å². The lowest BCUT2D eigenvalue weighted by molar-refractivity contribution is -0.385. The number of hydrogen-bond acceptors (Lipinski definition) is 7. The molecule has 0 unspecified atom stereocenters. The second kappa shape index (κ2) is 8.50. The molecule has 0 aliphatic carbocycles. The van der Waals surface area contributed by atoms with E-state index in [1.54, 1.807) is 38.2 Å². The van der Waals surface area contributed by atoms with E-state index in [-0.39, 0.29) is 29.4 Å². The van der Waals surface area contributed by atoms with Crippen LogP contribution in [0.1, 0.15) is 19.5 Å². The molecule has 1 aromatic heterocycles. The number of nitrogens with zero attached hydrogens (tertiary/aromatic N) is 4. The number of hydrazone groups is 1. The highest BCUT2D eigenvalue weighted by atomic mass is 32.2. The summed E-state index contributed by atoms with van der Waals surface area (Å²) in [6, 6.07) is 8.86. The number of nitro benzene ring substituents is 1.